The molecule has 0 aliphatic heterocycles. The van der Waals surface area contributed by atoms with Crippen molar-refractivity contribution in [2.45, 2.75) is 6.92 Å². The summed E-state index contributed by atoms with van der Waals surface area (Å²) in [7, 11) is 0. The topological polar surface area (TPSA) is 128 Å². The first-order valence-corrected chi connectivity index (χ1v) is 12.8. The number of halogens is 2. The van der Waals surface area contributed by atoms with Crippen molar-refractivity contribution in [3.8, 4) is 12.0 Å². The van der Waals surface area contributed by atoms with Gasteiger partial charge in [-0.25, -0.2) is 9.55 Å². The van der Waals surface area contributed by atoms with Crippen molar-refractivity contribution in [3.05, 3.63) is 82.6 Å². The Kier molecular flexibility index (Phi) is 7.69. The van der Waals surface area contributed by atoms with Gasteiger partial charge in [0.15, 0.2) is 5.11 Å². The van der Waals surface area contributed by atoms with Gasteiger partial charge in [0, 0.05) is 27.1 Å². The Hall–Kier alpha value is -4.50. The maximum absolute atomic E-state index is 8.92. The van der Waals surface area contributed by atoms with Gasteiger partial charge in [0.05, 0.1) is 17.1 Å². The van der Waals surface area contributed by atoms with Gasteiger partial charge in [-0.3, -0.25) is 0 Å². The van der Waals surface area contributed by atoms with Gasteiger partial charge in [0.2, 0.25) is 17.8 Å². The molecule has 10 nitrogen and oxygen atoms in total. The van der Waals surface area contributed by atoms with E-state index in [2.05, 4.69) is 36.2 Å². The molecule has 0 aliphatic carbocycles. The van der Waals surface area contributed by atoms with Gasteiger partial charge in [-0.05, 0) is 73.7 Å². The number of para-hydroxylation sites is 2. The van der Waals surface area contributed by atoms with Crippen LogP contribution in [0.3, 0.4) is 0 Å². The molecule has 0 saturated carbocycles. The van der Waals surface area contributed by atoms with Gasteiger partial charge < -0.3 is 21.3 Å². The molecule has 2 heterocycles. The first-order valence-electron chi connectivity index (χ1n) is 11.6. The van der Waals surface area contributed by atoms with Crippen LogP contribution in [0, 0.1) is 18.3 Å². The number of nitrogens with one attached hydrogen (secondary N) is 4. The fourth-order valence-corrected chi connectivity index (χ4v) is 4.52. The number of rotatable bonds is 7. The average Bonchev–Trinajstić information content (AvgIpc) is 3.25. The third-order valence-electron chi connectivity index (χ3n) is 5.34. The molecular weight excluding hydrogens is 555 g/mol. The van der Waals surface area contributed by atoms with E-state index in [-0.39, 0.29) is 6.54 Å². The lowest BCUT2D eigenvalue weighted by Crippen LogP contribution is -2.19. The van der Waals surface area contributed by atoms with Crippen molar-refractivity contribution in [1.82, 2.24) is 24.5 Å². The summed E-state index contributed by atoms with van der Waals surface area (Å²) >= 11 is 17.5. The highest BCUT2D eigenvalue weighted by molar-refractivity contribution is 7.80. The highest BCUT2D eigenvalue weighted by Gasteiger charge is 2.16. The predicted molar refractivity (Wildman–Crippen MR) is 159 cm³/mol. The molecule has 2 aromatic heterocycles. The minimum atomic E-state index is 0.0743. The third kappa shape index (κ3) is 6.32. The molecule has 13 heteroatoms. The number of hydrogen-bond donors (Lipinski definition) is 4. The van der Waals surface area contributed by atoms with Gasteiger partial charge >= 0.3 is 0 Å². The molecule has 0 bridgehead atoms. The molecule has 0 spiro atoms. The quantitative estimate of drug-likeness (QED) is 0.129. The third-order valence-corrected chi connectivity index (χ3v) is 5.98. The van der Waals surface area contributed by atoms with Crippen molar-refractivity contribution in [3.63, 3.8) is 0 Å². The fraction of sp³-hybridized carbons (Fsp3) is 0.0769. The van der Waals surface area contributed by atoms with Crippen LogP contribution in [-0.4, -0.2) is 36.2 Å². The second-order valence-electron chi connectivity index (χ2n) is 8.22. The number of nitrogens with zero attached hydrogens (tertiary/aromatic N) is 6. The smallest absolute Gasteiger partial charge is 0.242 e. The van der Waals surface area contributed by atoms with Crippen LogP contribution in [0.4, 0.5) is 29.0 Å². The molecule has 0 radical (unpaired) electrons. The number of nitriles is 1. The number of fused-ring (bicyclic) bond motifs is 1. The molecule has 39 heavy (non-hydrogen) atoms. The normalized spacial score (nSPS) is 10.6. The van der Waals surface area contributed by atoms with E-state index in [0.29, 0.717) is 44.5 Å². The van der Waals surface area contributed by atoms with Gasteiger partial charge in [-0.2, -0.15) is 20.2 Å². The number of aryl methyl sites for hydroxylation is 1. The number of benzene rings is 3. The second kappa shape index (κ2) is 11.5. The minimum Gasteiger partial charge on any atom is -0.341 e. The molecule has 5 aromatic rings. The zero-order valence-corrected chi connectivity index (χ0v) is 22.7. The van der Waals surface area contributed by atoms with E-state index in [1.165, 1.54) is 0 Å². The summed E-state index contributed by atoms with van der Waals surface area (Å²) in [4.78, 5) is 18.0. The molecular formula is C26H20Cl2N10S. The predicted octanol–water partition coefficient (Wildman–Crippen LogP) is 6.31. The lowest BCUT2D eigenvalue weighted by molar-refractivity contribution is 0.885. The van der Waals surface area contributed by atoms with Crippen LogP contribution in [0.1, 0.15) is 5.82 Å². The molecule has 5 rings (SSSR count). The second-order valence-corrected chi connectivity index (χ2v) is 9.50. The summed E-state index contributed by atoms with van der Waals surface area (Å²) in [6.07, 6.45) is 0. The van der Waals surface area contributed by atoms with E-state index < -0.39 is 0 Å². The van der Waals surface area contributed by atoms with Crippen LogP contribution < -0.4 is 21.3 Å². The van der Waals surface area contributed by atoms with Gasteiger partial charge in [0.1, 0.15) is 12.4 Å². The van der Waals surface area contributed by atoms with E-state index in [1.54, 1.807) is 25.1 Å². The van der Waals surface area contributed by atoms with Crippen LogP contribution >= 0.6 is 35.4 Å². The fourth-order valence-electron chi connectivity index (χ4n) is 3.76. The summed E-state index contributed by atoms with van der Waals surface area (Å²) in [6, 6.07) is 22.4. The molecule has 0 atom stereocenters. The van der Waals surface area contributed by atoms with Crippen molar-refractivity contribution in [2.24, 2.45) is 0 Å². The van der Waals surface area contributed by atoms with Crippen LogP contribution in [0.5, 0.6) is 0 Å². The van der Waals surface area contributed by atoms with Crippen LogP contribution in [0.2, 0.25) is 10.0 Å². The van der Waals surface area contributed by atoms with Crippen molar-refractivity contribution >= 4 is 80.5 Å². The average molecular weight is 575 g/mol. The summed E-state index contributed by atoms with van der Waals surface area (Å²) < 4.78 is 1.81. The molecule has 0 aliphatic rings. The molecule has 0 amide bonds. The number of aromatic nitrogens is 5. The molecule has 0 unspecified atom stereocenters. The Balaban J connectivity index is 1.37. The summed E-state index contributed by atoms with van der Waals surface area (Å²) in [6.45, 7) is 1.84. The molecule has 194 valence electrons. The number of imidazole rings is 1. The lowest BCUT2D eigenvalue weighted by atomic mass is 10.3. The summed E-state index contributed by atoms with van der Waals surface area (Å²) in [5, 5.41) is 22.8. The Morgan fingerprint density at radius 3 is 2.33 bits per heavy atom. The lowest BCUT2D eigenvalue weighted by Gasteiger charge is -2.13. The molecule has 3 aromatic carbocycles. The SMILES string of the molecule is Cc1nc(NCC#N)nc(-n2c(Nc3ccc(NC(=S)Nc4cc(Cl)cc(Cl)c4)cc3)nc3ccccc32)n1. The zero-order valence-electron chi connectivity index (χ0n) is 20.4. The monoisotopic (exact) mass is 574 g/mol. The summed E-state index contributed by atoms with van der Waals surface area (Å²) in [5.74, 6) is 1.70. The minimum absolute atomic E-state index is 0.0743. The first-order chi connectivity index (χ1) is 18.9. The van der Waals surface area contributed by atoms with E-state index >= 15 is 0 Å². The zero-order chi connectivity index (χ0) is 27.4. The van der Waals surface area contributed by atoms with E-state index in [4.69, 9.17) is 45.7 Å². The number of hydrogen-bond acceptors (Lipinski definition) is 8. The maximum atomic E-state index is 8.92. The number of thiocarbonyl (C=S) groups is 1. The van der Waals surface area contributed by atoms with Crippen LogP contribution in [0.25, 0.3) is 17.0 Å². The van der Waals surface area contributed by atoms with Crippen LogP contribution in [0.15, 0.2) is 66.7 Å². The van der Waals surface area contributed by atoms with Crippen molar-refractivity contribution < 1.29 is 0 Å². The van der Waals surface area contributed by atoms with E-state index in [1.807, 2.05) is 59.2 Å². The van der Waals surface area contributed by atoms with E-state index in [0.717, 1.165) is 22.4 Å². The van der Waals surface area contributed by atoms with Gasteiger partial charge in [-0.15, -0.1) is 0 Å². The summed E-state index contributed by atoms with van der Waals surface area (Å²) in [5.41, 5.74) is 3.82. The van der Waals surface area contributed by atoms with E-state index in [9.17, 15) is 0 Å². The highest BCUT2D eigenvalue weighted by Crippen LogP contribution is 2.27. The molecule has 0 saturated heterocycles. The molecule has 4 N–H and O–H groups in total. The molecule has 0 fully saturated rings. The van der Waals surface area contributed by atoms with Crippen molar-refractivity contribution in [2.75, 3.05) is 27.8 Å². The Morgan fingerprint density at radius 1 is 0.897 bits per heavy atom. The Labute approximate surface area is 239 Å². The van der Waals surface area contributed by atoms with Gasteiger partial charge in [-0.1, -0.05) is 35.3 Å². The largest absolute Gasteiger partial charge is 0.341 e. The Morgan fingerprint density at radius 2 is 1.59 bits per heavy atom. The first kappa shape index (κ1) is 26.1. The highest BCUT2D eigenvalue weighted by atomic mass is 35.5. The standard InChI is InChI=1S/C26H20Cl2N10S/c1-15-31-23(30-11-10-29)37-24(32-15)38-22-5-3-2-4-21(22)36-25(38)33-18-6-8-19(9-7-18)34-26(39)35-20-13-16(27)12-17(28)14-20/h2-9,12-14H,11H2,1H3,(H,33,36)(H2,34,35,39)(H,30,31,32,37). The maximum Gasteiger partial charge on any atom is 0.242 e. The van der Waals surface area contributed by atoms with Crippen molar-refractivity contribution in [1.29, 1.82) is 5.26 Å². The number of anilines is 5. The van der Waals surface area contributed by atoms with Crippen LogP contribution in [-0.2, 0) is 0 Å². The van der Waals surface area contributed by atoms with Gasteiger partial charge in [0.25, 0.3) is 0 Å². The Bertz CT molecular complexity index is 1690.